The van der Waals surface area contributed by atoms with Crippen LogP contribution in [0.4, 0.5) is 0 Å². The largest absolute Gasteiger partial charge is 0.460 e. The van der Waals surface area contributed by atoms with E-state index in [0.29, 0.717) is 0 Å². The fourth-order valence-electron chi connectivity index (χ4n) is 2.45. The van der Waals surface area contributed by atoms with Crippen molar-refractivity contribution in [2.75, 3.05) is 39.5 Å². The molecule has 0 saturated carbocycles. The van der Waals surface area contributed by atoms with Crippen molar-refractivity contribution in [3.8, 4) is 0 Å². The molecule has 0 bridgehead atoms. The Morgan fingerprint density at radius 3 is 1.47 bits per heavy atom. The number of hydrogen-bond donors (Lipinski definition) is 7. The van der Waals surface area contributed by atoms with Gasteiger partial charge < -0.3 is 45.2 Å². The molecule has 0 spiro atoms. The van der Waals surface area contributed by atoms with Crippen LogP contribution in [0.3, 0.4) is 0 Å². The molecule has 12 heteroatoms. The summed E-state index contributed by atoms with van der Waals surface area (Å²) in [5.74, 6) is -1.45. The van der Waals surface area contributed by atoms with Gasteiger partial charge in [0.2, 0.25) is 0 Å². The SMILES string of the molecule is C=C(C)C(=O)OCC(O)CN(CC(O)COC(=O)C(=C)C)CC(O)C(O)C(O)C(O)CO. The Kier molecular flexibility index (Phi) is 14.1. The van der Waals surface area contributed by atoms with E-state index >= 15 is 0 Å². The molecule has 0 aromatic carbocycles. The van der Waals surface area contributed by atoms with Gasteiger partial charge in [-0.2, -0.15) is 0 Å². The second-order valence-corrected chi connectivity index (χ2v) is 7.58. The van der Waals surface area contributed by atoms with Gasteiger partial charge in [0.1, 0.15) is 43.7 Å². The summed E-state index contributed by atoms with van der Waals surface area (Å²) in [5.41, 5.74) is 0.248. The fourth-order valence-corrected chi connectivity index (χ4v) is 2.45. The number of nitrogens with zero attached hydrogens (tertiary/aromatic N) is 1. The first-order valence-corrected chi connectivity index (χ1v) is 9.86. The molecule has 0 fully saturated rings. The summed E-state index contributed by atoms with van der Waals surface area (Å²) >= 11 is 0. The Morgan fingerprint density at radius 2 is 1.12 bits per heavy atom. The lowest BCUT2D eigenvalue weighted by molar-refractivity contribution is -0.143. The molecule has 0 aromatic rings. The van der Waals surface area contributed by atoms with Crippen LogP contribution in [0.25, 0.3) is 0 Å². The van der Waals surface area contributed by atoms with Gasteiger partial charge in [-0.15, -0.1) is 0 Å². The molecule has 186 valence electrons. The maximum Gasteiger partial charge on any atom is 0.333 e. The Labute approximate surface area is 186 Å². The van der Waals surface area contributed by atoms with Gasteiger partial charge in [0.15, 0.2) is 0 Å². The smallest absolute Gasteiger partial charge is 0.333 e. The third kappa shape index (κ3) is 11.6. The van der Waals surface area contributed by atoms with Gasteiger partial charge >= 0.3 is 11.9 Å². The average Bonchev–Trinajstić information content (AvgIpc) is 2.73. The minimum atomic E-state index is -1.86. The zero-order valence-electron chi connectivity index (χ0n) is 18.3. The topological polar surface area (TPSA) is 197 Å². The van der Waals surface area contributed by atoms with Crippen LogP contribution in [0.1, 0.15) is 13.8 Å². The molecule has 7 N–H and O–H groups in total. The number of carbonyl (C=O) groups excluding carboxylic acids is 2. The maximum absolute atomic E-state index is 11.5. The zero-order valence-corrected chi connectivity index (χ0v) is 18.3. The summed E-state index contributed by atoms with van der Waals surface area (Å²) in [7, 11) is 0. The van der Waals surface area contributed by atoms with Crippen molar-refractivity contribution < 1.29 is 54.8 Å². The minimum absolute atomic E-state index is 0.124. The number of aliphatic hydroxyl groups is 7. The quantitative estimate of drug-likeness (QED) is 0.0886. The molecule has 6 atom stereocenters. The number of rotatable bonds is 16. The summed E-state index contributed by atoms with van der Waals surface area (Å²) in [4.78, 5) is 24.2. The molecule has 0 aromatic heterocycles. The molecule has 0 radical (unpaired) electrons. The first kappa shape index (κ1) is 30.1. The van der Waals surface area contributed by atoms with Crippen molar-refractivity contribution in [1.82, 2.24) is 4.90 Å². The van der Waals surface area contributed by atoms with Crippen LogP contribution in [-0.2, 0) is 19.1 Å². The summed E-state index contributed by atoms with van der Waals surface area (Å²) in [5, 5.41) is 68.6. The Morgan fingerprint density at radius 1 is 0.750 bits per heavy atom. The molecule has 0 amide bonds. The highest BCUT2D eigenvalue weighted by atomic mass is 16.5. The van der Waals surface area contributed by atoms with Gasteiger partial charge in [-0.25, -0.2) is 9.59 Å². The van der Waals surface area contributed by atoms with E-state index in [2.05, 4.69) is 13.2 Å². The van der Waals surface area contributed by atoms with E-state index in [1.54, 1.807) is 0 Å². The van der Waals surface area contributed by atoms with Crippen LogP contribution < -0.4 is 0 Å². The van der Waals surface area contributed by atoms with Crippen LogP contribution in [0.5, 0.6) is 0 Å². The van der Waals surface area contributed by atoms with Gasteiger partial charge in [-0.05, 0) is 13.8 Å². The lowest BCUT2D eigenvalue weighted by Crippen LogP contribution is -2.52. The summed E-state index contributed by atoms with van der Waals surface area (Å²) in [6, 6.07) is 0. The minimum Gasteiger partial charge on any atom is -0.460 e. The standard InChI is InChI=1S/C20H35NO11/c1-11(2)19(29)31-9-13(23)5-21(6-14(24)10-32-20(30)12(3)4)7-15(25)17(27)18(28)16(26)8-22/h13-18,22-28H,1,3,5-10H2,2,4H3. The van der Waals surface area contributed by atoms with Crippen LogP contribution in [0.15, 0.2) is 24.3 Å². The molecule has 0 aliphatic rings. The van der Waals surface area contributed by atoms with Crippen molar-refractivity contribution in [3.63, 3.8) is 0 Å². The van der Waals surface area contributed by atoms with Gasteiger partial charge in [0.25, 0.3) is 0 Å². The van der Waals surface area contributed by atoms with E-state index < -0.39 is 74.9 Å². The molecule has 0 heterocycles. The van der Waals surface area contributed by atoms with Gasteiger partial charge in [0.05, 0.1) is 12.7 Å². The van der Waals surface area contributed by atoms with Crippen molar-refractivity contribution >= 4 is 11.9 Å². The van der Waals surface area contributed by atoms with E-state index in [9.17, 15) is 40.2 Å². The highest BCUT2D eigenvalue weighted by molar-refractivity contribution is 5.87. The number of ether oxygens (including phenoxy) is 2. The second kappa shape index (κ2) is 15.0. The molecule has 32 heavy (non-hydrogen) atoms. The van der Waals surface area contributed by atoms with Gasteiger partial charge in [-0.3, -0.25) is 4.90 Å². The fraction of sp³-hybridized carbons (Fsp3) is 0.700. The molecule has 0 rings (SSSR count). The Bertz CT molecular complexity index is 589. The third-order valence-electron chi connectivity index (χ3n) is 4.22. The highest BCUT2D eigenvalue weighted by Crippen LogP contribution is 2.09. The van der Waals surface area contributed by atoms with Crippen molar-refractivity contribution in [3.05, 3.63) is 24.3 Å². The zero-order chi connectivity index (χ0) is 25.0. The molecule has 0 aliphatic heterocycles. The van der Waals surface area contributed by atoms with E-state index in [1.165, 1.54) is 18.7 Å². The summed E-state index contributed by atoms with van der Waals surface area (Å²) in [6.45, 7) is 7.05. The molecule has 12 nitrogen and oxygen atoms in total. The van der Waals surface area contributed by atoms with Gasteiger partial charge in [0, 0.05) is 30.8 Å². The molecule has 6 unspecified atom stereocenters. The number of hydrogen-bond acceptors (Lipinski definition) is 12. The number of carbonyl (C=O) groups is 2. The lowest BCUT2D eigenvalue weighted by atomic mass is 10.0. The molecule has 0 saturated heterocycles. The van der Waals surface area contributed by atoms with Crippen LogP contribution in [0, 0.1) is 0 Å². The summed E-state index contributed by atoms with van der Waals surface area (Å²) in [6.07, 6.45) is -9.62. The second-order valence-electron chi connectivity index (χ2n) is 7.58. The molecule has 0 aliphatic carbocycles. The Balaban J connectivity index is 5.11. The van der Waals surface area contributed by atoms with Crippen LogP contribution in [0.2, 0.25) is 0 Å². The van der Waals surface area contributed by atoms with E-state index in [0.717, 1.165) is 0 Å². The van der Waals surface area contributed by atoms with E-state index in [4.69, 9.17) is 14.6 Å². The average molecular weight is 465 g/mol. The van der Waals surface area contributed by atoms with E-state index in [-0.39, 0.29) is 24.2 Å². The normalized spacial score (nSPS) is 17.1. The van der Waals surface area contributed by atoms with Gasteiger partial charge in [-0.1, -0.05) is 13.2 Å². The number of esters is 2. The highest BCUT2D eigenvalue weighted by Gasteiger charge is 2.32. The summed E-state index contributed by atoms with van der Waals surface area (Å²) < 4.78 is 9.69. The monoisotopic (exact) mass is 465 g/mol. The van der Waals surface area contributed by atoms with Crippen molar-refractivity contribution in [2.45, 2.75) is 50.5 Å². The van der Waals surface area contributed by atoms with Crippen LogP contribution in [-0.4, -0.2) is 129 Å². The first-order chi connectivity index (χ1) is 14.8. The predicted octanol–water partition coefficient (Wildman–Crippen LogP) is -3.32. The molecular weight excluding hydrogens is 430 g/mol. The van der Waals surface area contributed by atoms with Crippen LogP contribution >= 0.6 is 0 Å². The number of aliphatic hydroxyl groups excluding tert-OH is 7. The molecular formula is C20H35NO11. The Hall–Kier alpha value is -1.90. The maximum atomic E-state index is 11.5. The van der Waals surface area contributed by atoms with Crippen molar-refractivity contribution in [2.24, 2.45) is 0 Å². The predicted molar refractivity (Wildman–Crippen MR) is 111 cm³/mol. The first-order valence-electron chi connectivity index (χ1n) is 9.86. The lowest BCUT2D eigenvalue weighted by Gasteiger charge is -2.32. The van der Waals surface area contributed by atoms with E-state index in [1.807, 2.05) is 0 Å². The third-order valence-corrected chi connectivity index (χ3v) is 4.22. The van der Waals surface area contributed by atoms with Crippen molar-refractivity contribution in [1.29, 1.82) is 0 Å².